The van der Waals surface area contributed by atoms with Gasteiger partial charge < -0.3 is 9.47 Å². The predicted molar refractivity (Wildman–Crippen MR) is 50.5 cm³/mol. The number of hydrogen-bond acceptors (Lipinski definition) is 2. The molecule has 1 aliphatic heterocycles. The Hall–Kier alpha value is -0.440. The largest absolute Gasteiger partial charge is 0.488 e. The quantitative estimate of drug-likeness (QED) is 0.727. The summed E-state index contributed by atoms with van der Waals surface area (Å²) in [5.74, 6) is 0.512. The molecule has 0 N–H and O–H groups in total. The molecule has 1 heterocycles. The van der Waals surface area contributed by atoms with E-state index in [0.717, 1.165) is 6.61 Å². The van der Waals surface area contributed by atoms with Crippen LogP contribution in [-0.2, 0) is 4.74 Å². The molecule has 1 aliphatic rings. The second kappa shape index (κ2) is 3.74. The van der Waals surface area contributed by atoms with Gasteiger partial charge in [0.05, 0.1) is 16.7 Å². The topological polar surface area (TPSA) is 21.8 Å². The molecule has 0 saturated carbocycles. The molecule has 1 atom stereocenters. The molecule has 1 radical (unpaired) electrons. The van der Waals surface area contributed by atoms with Gasteiger partial charge in [0.2, 0.25) is 0 Å². The van der Waals surface area contributed by atoms with E-state index >= 15 is 0 Å². The van der Waals surface area contributed by atoms with Gasteiger partial charge in [-0.15, -0.1) is 0 Å². The highest BCUT2D eigenvalue weighted by Crippen LogP contribution is 2.32. The maximum Gasteiger partial charge on any atom is 0.156 e. The molecule has 0 aliphatic carbocycles. The third-order valence-electron chi connectivity index (χ3n) is 1.67. The van der Waals surface area contributed by atoms with E-state index < -0.39 is 0 Å². The van der Waals surface area contributed by atoms with Crippen LogP contribution in [0.5, 0.6) is 5.75 Å². The van der Waals surface area contributed by atoms with Gasteiger partial charge in [0.25, 0.3) is 0 Å². The van der Waals surface area contributed by atoms with Crippen LogP contribution in [0.1, 0.15) is 0 Å². The zero-order valence-corrected chi connectivity index (χ0v) is 8.23. The van der Waals surface area contributed by atoms with E-state index in [9.17, 15) is 0 Å². The van der Waals surface area contributed by atoms with Crippen LogP contribution in [0, 0.1) is 6.07 Å². The maximum absolute atomic E-state index is 5.85. The zero-order chi connectivity index (χ0) is 9.26. The first-order valence-electron chi connectivity index (χ1n) is 3.87. The highest BCUT2D eigenvalue weighted by molar-refractivity contribution is 6.37. The molecule has 2 rings (SSSR count). The van der Waals surface area contributed by atoms with E-state index in [-0.39, 0.29) is 6.10 Å². The average Bonchev–Trinajstić information content (AvgIpc) is 2.87. The second-order valence-electron chi connectivity index (χ2n) is 2.75. The first kappa shape index (κ1) is 9.13. The van der Waals surface area contributed by atoms with Crippen molar-refractivity contribution in [3.63, 3.8) is 0 Å². The Morgan fingerprint density at radius 3 is 2.62 bits per heavy atom. The molecule has 1 aromatic rings. The molecule has 1 unspecified atom stereocenters. The lowest BCUT2D eigenvalue weighted by molar-refractivity contribution is 0.263. The van der Waals surface area contributed by atoms with Gasteiger partial charge in [0, 0.05) is 0 Å². The highest BCUT2D eigenvalue weighted by Gasteiger charge is 2.23. The number of benzene rings is 1. The molecule has 2 nitrogen and oxygen atoms in total. The van der Waals surface area contributed by atoms with Crippen LogP contribution in [0.25, 0.3) is 0 Å². The number of ether oxygens (including phenoxy) is 2. The summed E-state index contributed by atoms with van der Waals surface area (Å²) in [6.45, 7) is 1.26. The smallest absolute Gasteiger partial charge is 0.156 e. The lowest BCUT2D eigenvalue weighted by Gasteiger charge is -2.07. The van der Waals surface area contributed by atoms with Crippen LogP contribution < -0.4 is 4.74 Å². The maximum atomic E-state index is 5.85. The third-order valence-corrected chi connectivity index (χ3v) is 2.23. The van der Waals surface area contributed by atoms with Gasteiger partial charge in [0.15, 0.2) is 5.75 Å². The van der Waals surface area contributed by atoms with Crippen LogP contribution >= 0.6 is 23.2 Å². The van der Waals surface area contributed by atoms with Crippen molar-refractivity contribution in [3.05, 3.63) is 28.2 Å². The van der Waals surface area contributed by atoms with Gasteiger partial charge in [-0.05, 0) is 18.2 Å². The summed E-state index contributed by atoms with van der Waals surface area (Å²) in [7, 11) is 0. The van der Waals surface area contributed by atoms with E-state index in [1.165, 1.54) is 0 Å². The van der Waals surface area contributed by atoms with E-state index in [1.807, 2.05) is 0 Å². The summed E-state index contributed by atoms with van der Waals surface area (Å²) >= 11 is 11.7. The summed E-state index contributed by atoms with van der Waals surface area (Å²) in [5, 5.41) is 0.960. The van der Waals surface area contributed by atoms with Crippen molar-refractivity contribution < 1.29 is 9.47 Å². The standard InChI is InChI=1S/C9H7Cl2O2/c10-7-2-1-3-8(11)9(7)13-5-6-4-12-6/h2-3,6H,4-5H2. The Balaban J connectivity index is 2.07. The number of epoxide rings is 1. The summed E-state index contributed by atoms with van der Waals surface area (Å²) < 4.78 is 10.4. The minimum atomic E-state index is 0.205. The monoisotopic (exact) mass is 217 g/mol. The van der Waals surface area contributed by atoms with Crippen LogP contribution in [0.4, 0.5) is 0 Å². The summed E-state index contributed by atoms with van der Waals surface area (Å²) in [4.78, 5) is 0. The first-order valence-corrected chi connectivity index (χ1v) is 4.62. The van der Waals surface area contributed by atoms with Gasteiger partial charge >= 0.3 is 0 Å². The molecular formula is C9H7Cl2O2. The molecule has 0 amide bonds. The molecule has 13 heavy (non-hydrogen) atoms. The van der Waals surface area contributed by atoms with Crippen molar-refractivity contribution in [3.8, 4) is 5.75 Å². The number of rotatable bonds is 3. The van der Waals surface area contributed by atoms with Gasteiger partial charge in [-0.25, -0.2) is 0 Å². The Bertz CT molecular complexity index is 290. The van der Waals surface area contributed by atoms with E-state index in [1.54, 1.807) is 12.1 Å². The van der Waals surface area contributed by atoms with Crippen LogP contribution in [-0.4, -0.2) is 19.3 Å². The van der Waals surface area contributed by atoms with Gasteiger partial charge in [-0.3, -0.25) is 0 Å². The Kier molecular flexibility index (Phi) is 2.63. The molecule has 0 aromatic heterocycles. The van der Waals surface area contributed by atoms with Crippen molar-refractivity contribution in [1.29, 1.82) is 0 Å². The zero-order valence-electron chi connectivity index (χ0n) is 6.72. The van der Waals surface area contributed by atoms with Gasteiger partial charge in [-0.1, -0.05) is 23.2 Å². The second-order valence-corrected chi connectivity index (χ2v) is 3.56. The van der Waals surface area contributed by atoms with Crippen molar-refractivity contribution in [2.75, 3.05) is 13.2 Å². The SMILES string of the molecule is Clc1c[c]cc(Cl)c1OCC1CO1. The Labute approximate surface area is 86.4 Å². The molecule has 69 valence electrons. The van der Waals surface area contributed by atoms with E-state index in [4.69, 9.17) is 32.7 Å². The Morgan fingerprint density at radius 1 is 1.46 bits per heavy atom. The van der Waals surface area contributed by atoms with Crippen molar-refractivity contribution in [2.45, 2.75) is 6.10 Å². The molecular weight excluding hydrogens is 211 g/mol. The first-order chi connectivity index (χ1) is 6.27. The molecule has 1 saturated heterocycles. The van der Waals surface area contributed by atoms with Gasteiger partial charge in [0.1, 0.15) is 12.7 Å². The molecule has 1 aromatic carbocycles. The van der Waals surface area contributed by atoms with Crippen LogP contribution in [0.15, 0.2) is 12.1 Å². The number of hydrogen-bond donors (Lipinski definition) is 0. The van der Waals surface area contributed by atoms with E-state index in [2.05, 4.69) is 6.07 Å². The van der Waals surface area contributed by atoms with Gasteiger partial charge in [-0.2, -0.15) is 0 Å². The lowest BCUT2D eigenvalue weighted by Crippen LogP contribution is -2.04. The Morgan fingerprint density at radius 2 is 2.08 bits per heavy atom. The van der Waals surface area contributed by atoms with Crippen LogP contribution in [0.3, 0.4) is 0 Å². The van der Waals surface area contributed by atoms with Crippen molar-refractivity contribution in [1.82, 2.24) is 0 Å². The van der Waals surface area contributed by atoms with Crippen LogP contribution in [0.2, 0.25) is 10.0 Å². The minimum absolute atomic E-state index is 0.205. The minimum Gasteiger partial charge on any atom is -0.488 e. The highest BCUT2D eigenvalue weighted by atomic mass is 35.5. The molecule has 1 fully saturated rings. The summed E-state index contributed by atoms with van der Waals surface area (Å²) in [5.41, 5.74) is 0. The lowest BCUT2D eigenvalue weighted by atomic mass is 10.3. The number of halogens is 2. The molecule has 0 bridgehead atoms. The summed E-state index contributed by atoms with van der Waals surface area (Å²) in [6.07, 6.45) is 0.205. The molecule has 4 heteroatoms. The van der Waals surface area contributed by atoms with E-state index in [0.29, 0.717) is 22.4 Å². The fourth-order valence-corrected chi connectivity index (χ4v) is 1.40. The van der Waals surface area contributed by atoms with Crippen molar-refractivity contribution >= 4 is 23.2 Å². The normalized spacial score (nSPS) is 20.0. The predicted octanol–water partition coefficient (Wildman–Crippen LogP) is 2.57. The summed E-state index contributed by atoms with van der Waals surface area (Å²) in [6, 6.07) is 6.04. The fraction of sp³-hybridized carbons (Fsp3) is 0.333. The molecule has 0 spiro atoms. The fourth-order valence-electron chi connectivity index (χ4n) is 0.912. The van der Waals surface area contributed by atoms with Crippen molar-refractivity contribution in [2.24, 2.45) is 0 Å². The average molecular weight is 218 g/mol. The third kappa shape index (κ3) is 2.27.